The number of amides is 1. The molecule has 1 aromatic heterocycles. The van der Waals surface area contributed by atoms with Crippen LogP contribution < -0.4 is 4.90 Å². The number of morpholine rings is 1. The number of fused-ring (bicyclic) bond motifs is 1. The van der Waals surface area contributed by atoms with E-state index in [-0.39, 0.29) is 11.3 Å². The van der Waals surface area contributed by atoms with Gasteiger partial charge in [0.25, 0.3) is 5.91 Å². The Hall–Kier alpha value is -1.73. The summed E-state index contributed by atoms with van der Waals surface area (Å²) >= 11 is 0. The van der Waals surface area contributed by atoms with Gasteiger partial charge in [-0.15, -0.1) is 0 Å². The van der Waals surface area contributed by atoms with Crippen molar-refractivity contribution in [3.63, 3.8) is 0 Å². The van der Waals surface area contributed by atoms with Gasteiger partial charge in [0.05, 0.1) is 13.2 Å². The van der Waals surface area contributed by atoms with Crippen LogP contribution in [-0.2, 0) is 4.74 Å². The van der Waals surface area contributed by atoms with Gasteiger partial charge in [0.1, 0.15) is 5.69 Å². The van der Waals surface area contributed by atoms with Crippen molar-refractivity contribution in [2.45, 2.75) is 64.1 Å². The zero-order valence-corrected chi connectivity index (χ0v) is 17.9. The van der Waals surface area contributed by atoms with Gasteiger partial charge >= 0.3 is 0 Å². The van der Waals surface area contributed by atoms with Crippen molar-refractivity contribution >= 4 is 11.9 Å². The molecule has 1 aliphatic carbocycles. The molecular formula is C22H33N5O2. The molecule has 1 amide bonds. The van der Waals surface area contributed by atoms with E-state index in [1.807, 2.05) is 13.0 Å². The molecule has 158 valence electrons. The fourth-order valence-electron chi connectivity index (χ4n) is 6.49. The normalized spacial score (nSPS) is 34.9. The number of likely N-dealkylation sites (tertiary alicyclic amines) is 2. The minimum atomic E-state index is 0.0969. The maximum absolute atomic E-state index is 13.8. The minimum absolute atomic E-state index is 0.0969. The Morgan fingerprint density at radius 3 is 2.66 bits per heavy atom. The van der Waals surface area contributed by atoms with Crippen LogP contribution in [0.4, 0.5) is 5.95 Å². The van der Waals surface area contributed by atoms with E-state index in [2.05, 4.69) is 33.7 Å². The molecular weight excluding hydrogens is 366 g/mol. The second-order valence-electron chi connectivity index (χ2n) is 9.63. The molecule has 0 unspecified atom stereocenters. The van der Waals surface area contributed by atoms with Gasteiger partial charge in [-0.25, -0.2) is 9.97 Å². The van der Waals surface area contributed by atoms with Crippen molar-refractivity contribution < 1.29 is 9.53 Å². The van der Waals surface area contributed by atoms with Crippen LogP contribution in [0.15, 0.2) is 6.07 Å². The second-order valence-corrected chi connectivity index (χ2v) is 9.63. The Balaban J connectivity index is 1.48. The second kappa shape index (κ2) is 7.20. The zero-order chi connectivity index (χ0) is 20.2. The van der Waals surface area contributed by atoms with Crippen LogP contribution in [0.2, 0.25) is 0 Å². The van der Waals surface area contributed by atoms with Crippen LogP contribution in [0.25, 0.3) is 0 Å². The van der Waals surface area contributed by atoms with Crippen molar-refractivity contribution in [3.05, 3.63) is 17.5 Å². The van der Waals surface area contributed by atoms with Crippen LogP contribution in [0.5, 0.6) is 0 Å². The van der Waals surface area contributed by atoms with E-state index in [4.69, 9.17) is 9.72 Å². The van der Waals surface area contributed by atoms with E-state index in [1.165, 1.54) is 19.3 Å². The average molecular weight is 400 g/mol. The molecule has 4 fully saturated rings. The summed E-state index contributed by atoms with van der Waals surface area (Å²) in [6.07, 6.45) is 5.97. The van der Waals surface area contributed by atoms with E-state index < -0.39 is 0 Å². The lowest BCUT2D eigenvalue weighted by Gasteiger charge is -2.44. The van der Waals surface area contributed by atoms with Gasteiger partial charge in [0.2, 0.25) is 5.95 Å². The van der Waals surface area contributed by atoms with E-state index in [0.29, 0.717) is 43.0 Å². The molecule has 1 aromatic rings. The molecule has 0 aromatic carbocycles. The molecule has 7 heteroatoms. The molecule has 0 N–H and O–H groups in total. The summed E-state index contributed by atoms with van der Waals surface area (Å²) < 4.78 is 5.46. The van der Waals surface area contributed by atoms with E-state index in [0.717, 1.165) is 38.2 Å². The number of piperidine rings is 1. The highest BCUT2D eigenvalue weighted by molar-refractivity contribution is 5.93. The van der Waals surface area contributed by atoms with Gasteiger partial charge < -0.3 is 19.4 Å². The fourth-order valence-corrected chi connectivity index (χ4v) is 6.49. The third kappa shape index (κ3) is 3.13. The van der Waals surface area contributed by atoms with Gasteiger partial charge in [0.15, 0.2) is 0 Å². The summed E-state index contributed by atoms with van der Waals surface area (Å²) in [5.74, 6) is 0.764. The molecule has 4 aliphatic rings. The van der Waals surface area contributed by atoms with Crippen molar-refractivity contribution in [2.24, 2.45) is 5.41 Å². The molecule has 0 radical (unpaired) electrons. The average Bonchev–Trinajstić information content (AvgIpc) is 2.82. The summed E-state index contributed by atoms with van der Waals surface area (Å²) in [6, 6.07) is 3.06. The van der Waals surface area contributed by atoms with Crippen molar-refractivity contribution in [1.29, 1.82) is 0 Å². The summed E-state index contributed by atoms with van der Waals surface area (Å²) in [5, 5.41) is 0. The van der Waals surface area contributed by atoms with Crippen molar-refractivity contribution in [3.8, 4) is 0 Å². The Labute approximate surface area is 173 Å². The van der Waals surface area contributed by atoms with Crippen LogP contribution in [0.3, 0.4) is 0 Å². The molecule has 7 nitrogen and oxygen atoms in total. The number of carbonyl (C=O) groups excluding carboxylic acids is 1. The molecule has 0 spiro atoms. The van der Waals surface area contributed by atoms with Gasteiger partial charge in [-0.2, -0.15) is 0 Å². The fraction of sp³-hybridized carbons (Fsp3) is 0.773. The van der Waals surface area contributed by atoms with Gasteiger partial charge in [-0.1, -0.05) is 19.8 Å². The first-order valence-corrected chi connectivity index (χ1v) is 11.2. The maximum atomic E-state index is 13.8. The SMILES string of the molecule is Cc1cc(C(=O)N2[C@@H]3CN(C)[C@@H]4CCCC[C@H]2[C@]4(C)C3)nc(N2CCOCC2)n1. The largest absolute Gasteiger partial charge is 0.378 e. The Bertz CT molecular complexity index is 795. The van der Waals surface area contributed by atoms with Crippen molar-refractivity contribution in [1.82, 2.24) is 19.8 Å². The highest BCUT2D eigenvalue weighted by Gasteiger charge is 2.59. The zero-order valence-electron chi connectivity index (χ0n) is 17.9. The Morgan fingerprint density at radius 2 is 1.90 bits per heavy atom. The Kier molecular flexibility index (Phi) is 4.78. The smallest absolute Gasteiger partial charge is 0.273 e. The molecule has 3 aliphatic heterocycles. The minimum Gasteiger partial charge on any atom is -0.378 e. The summed E-state index contributed by atoms with van der Waals surface area (Å²) in [5.41, 5.74) is 1.60. The highest BCUT2D eigenvalue weighted by Crippen LogP contribution is 2.53. The molecule has 4 atom stereocenters. The number of hydrogen-bond acceptors (Lipinski definition) is 6. The van der Waals surface area contributed by atoms with Crippen LogP contribution in [0.1, 0.15) is 55.2 Å². The number of hydrogen-bond donors (Lipinski definition) is 0. The number of nitrogens with zero attached hydrogens (tertiary/aromatic N) is 5. The van der Waals surface area contributed by atoms with E-state index in [1.54, 1.807) is 0 Å². The standard InChI is InChI=1S/C22H33N5O2/c1-15-12-17(24-21(23-15)26-8-10-29-11-9-26)20(28)27-16-13-22(2)18(25(3)14-16)6-4-5-7-19(22)27/h12,16,18-19H,4-11,13-14H2,1-3H3/t16-,18+,19-,22+/m0/s1. The monoisotopic (exact) mass is 399 g/mol. The maximum Gasteiger partial charge on any atom is 0.273 e. The number of carbonyl (C=O) groups is 1. The quantitative estimate of drug-likeness (QED) is 0.759. The number of anilines is 1. The summed E-state index contributed by atoms with van der Waals surface area (Å²) in [4.78, 5) is 30.0. The van der Waals surface area contributed by atoms with Crippen LogP contribution >= 0.6 is 0 Å². The third-order valence-electron chi connectivity index (χ3n) is 7.75. The first-order valence-electron chi connectivity index (χ1n) is 11.2. The third-order valence-corrected chi connectivity index (χ3v) is 7.75. The first kappa shape index (κ1) is 19.2. The lowest BCUT2D eigenvalue weighted by molar-refractivity contribution is 0.0576. The van der Waals surface area contributed by atoms with Gasteiger partial charge in [-0.3, -0.25) is 4.79 Å². The van der Waals surface area contributed by atoms with Gasteiger partial charge in [0, 0.05) is 48.9 Å². The predicted molar refractivity (Wildman–Crippen MR) is 111 cm³/mol. The van der Waals surface area contributed by atoms with Crippen LogP contribution in [-0.4, -0.2) is 83.7 Å². The number of likely N-dealkylation sites (N-methyl/N-ethyl adjacent to an activating group) is 1. The molecule has 29 heavy (non-hydrogen) atoms. The highest BCUT2D eigenvalue weighted by atomic mass is 16.5. The van der Waals surface area contributed by atoms with E-state index >= 15 is 0 Å². The predicted octanol–water partition coefficient (Wildman–Crippen LogP) is 2.10. The Morgan fingerprint density at radius 1 is 1.17 bits per heavy atom. The number of rotatable bonds is 2. The van der Waals surface area contributed by atoms with Crippen molar-refractivity contribution in [2.75, 3.05) is 44.8 Å². The number of aryl methyl sites for hydroxylation is 1. The van der Waals surface area contributed by atoms with Crippen LogP contribution in [0, 0.1) is 12.3 Å². The molecule has 4 heterocycles. The number of aromatic nitrogens is 2. The summed E-state index contributed by atoms with van der Waals surface area (Å²) in [7, 11) is 2.25. The molecule has 5 rings (SSSR count). The summed E-state index contributed by atoms with van der Waals surface area (Å²) in [6.45, 7) is 8.28. The topological polar surface area (TPSA) is 61.8 Å². The number of ether oxygens (including phenoxy) is 1. The lowest BCUT2D eigenvalue weighted by atomic mass is 9.71. The lowest BCUT2D eigenvalue weighted by Crippen LogP contribution is -2.51. The van der Waals surface area contributed by atoms with Gasteiger partial charge in [-0.05, 0) is 39.3 Å². The molecule has 1 saturated carbocycles. The first-order chi connectivity index (χ1) is 14.0. The van der Waals surface area contributed by atoms with E-state index in [9.17, 15) is 4.79 Å². The molecule has 2 bridgehead atoms. The molecule has 3 saturated heterocycles.